The zero-order valence-electron chi connectivity index (χ0n) is 21.7. The lowest BCUT2D eigenvalue weighted by Crippen LogP contribution is -3.06. The van der Waals surface area contributed by atoms with E-state index in [-0.39, 0.29) is 17.5 Å². The van der Waals surface area contributed by atoms with Crippen LogP contribution in [0, 0.1) is 30.9 Å². The SMILES string of the molecule is CC#Cc1c(C(=O)Nc2ccc(C3=N[NH+]([O-])C(=O)CC3)cc2)c(C)c(N2C=CCC=C2)c(C)c1C(=O)OC. The number of carbonyl (C=O) groups is 3. The zero-order valence-corrected chi connectivity index (χ0v) is 21.7. The smallest absolute Gasteiger partial charge is 0.339 e. The fourth-order valence-corrected chi connectivity index (χ4v) is 4.65. The number of amides is 2. The van der Waals surface area contributed by atoms with E-state index in [1.54, 1.807) is 31.2 Å². The van der Waals surface area contributed by atoms with Crippen LogP contribution in [0.5, 0.6) is 0 Å². The summed E-state index contributed by atoms with van der Waals surface area (Å²) in [7, 11) is 1.30. The highest BCUT2D eigenvalue weighted by Crippen LogP contribution is 2.36. The van der Waals surface area contributed by atoms with Crippen molar-refractivity contribution in [1.29, 1.82) is 0 Å². The van der Waals surface area contributed by atoms with E-state index in [1.165, 1.54) is 7.11 Å². The molecule has 0 radical (unpaired) electrons. The van der Waals surface area contributed by atoms with E-state index in [2.05, 4.69) is 22.3 Å². The van der Waals surface area contributed by atoms with Crippen molar-refractivity contribution in [2.75, 3.05) is 17.3 Å². The van der Waals surface area contributed by atoms with Gasteiger partial charge in [0.15, 0.2) is 0 Å². The first-order valence-corrected chi connectivity index (χ1v) is 12.1. The van der Waals surface area contributed by atoms with Crippen LogP contribution in [0.1, 0.15) is 69.2 Å². The van der Waals surface area contributed by atoms with Gasteiger partial charge in [-0.1, -0.05) is 35.3 Å². The summed E-state index contributed by atoms with van der Waals surface area (Å²) in [5, 5.41) is 17.7. The van der Waals surface area contributed by atoms with Crippen molar-refractivity contribution in [3.05, 3.63) is 87.4 Å². The number of esters is 1. The highest BCUT2D eigenvalue weighted by atomic mass is 16.5. The van der Waals surface area contributed by atoms with Gasteiger partial charge < -0.3 is 20.2 Å². The lowest BCUT2D eigenvalue weighted by molar-refractivity contribution is -0.773. The molecule has 0 fully saturated rings. The Balaban J connectivity index is 1.76. The van der Waals surface area contributed by atoms with Gasteiger partial charge in [0.2, 0.25) is 0 Å². The number of hydrogen-bond acceptors (Lipinski definition) is 7. The van der Waals surface area contributed by atoms with Gasteiger partial charge in [0.05, 0.1) is 35.9 Å². The second-order valence-corrected chi connectivity index (χ2v) is 8.82. The fourth-order valence-electron chi connectivity index (χ4n) is 4.65. The molecule has 2 aromatic rings. The van der Waals surface area contributed by atoms with Crippen LogP contribution in [0.2, 0.25) is 0 Å². The molecule has 9 nitrogen and oxygen atoms in total. The Morgan fingerprint density at radius 2 is 1.74 bits per heavy atom. The number of nitrogens with one attached hydrogen (secondary N) is 2. The summed E-state index contributed by atoms with van der Waals surface area (Å²) in [6.07, 6.45) is 9.07. The number of benzene rings is 2. The van der Waals surface area contributed by atoms with E-state index in [4.69, 9.17) is 4.74 Å². The van der Waals surface area contributed by atoms with Gasteiger partial charge in [0.25, 0.3) is 5.91 Å². The van der Waals surface area contributed by atoms with Crippen LogP contribution >= 0.6 is 0 Å². The molecule has 2 aromatic carbocycles. The molecule has 2 amide bonds. The first-order chi connectivity index (χ1) is 18.3. The largest absolute Gasteiger partial charge is 0.599 e. The Kier molecular flexibility index (Phi) is 7.86. The number of hydrogen-bond donors (Lipinski definition) is 2. The van der Waals surface area contributed by atoms with Crippen LogP contribution in [-0.4, -0.2) is 30.6 Å². The van der Waals surface area contributed by atoms with Crippen molar-refractivity contribution >= 4 is 34.9 Å². The molecule has 0 bridgehead atoms. The van der Waals surface area contributed by atoms with Crippen molar-refractivity contribution in [2.24, 2.45) is 5.10 Å². The molecule has 1 atom stereocenters. The van der Waals surface area contributed by atoms with Crippen molar-refractivity contribution in [3.63, 3.8) is 0 Å². The second kappa shape index (κ2) is 11.3. The van der Waals surface area contributed by atoms with Gasteiger partial charge in [-0.25, -0.2) is 9.59 Å². The zero-order chi connectivity index (χ0) is 27.4. The predicted molar refractivity (Wildman–Crippen MR) is 145 cm³/mol. The number of hydroxylamine groups is 1. The Hall–Kier alpha value is -4.52. The fraction of sp³-hybridized carbons (Fsp3) is 0.241. The number of quaternary nitrogens is 1. The molecule has 9 heteroatoms. The van der Waals surface area contributed by atoms with Crippen LogP contribution in [0.3, 0.4) is 0 Å². The molecule has 4 rings (SSSR count). The molecule has 0 aromatic heterocycles. The van der Waals surface area contributed by atoms with Crippen molar-refractivity contribution in [1.82, 2.24) is 0 Å². The van der Waals surface area contributed by atoms with Crippen LogP contribution < -0.4 is 15.4 Å². The molecular formula is C29H28N4O5. The van der Waals surface area contributed by atoms with Gasteiger partial charge in [-0.15, -0.1) is 5.92 Å². The molecule has 0 spiro atoms. The number of methoxy groups -OCH3 is 1. The van der Waals surface area contributed by atoms with E-state index >= 15 is 0 Å². The number of ether oxygens (including phenoxy) is 1. The Morgan fingerprint density at radius 3 is 2.34 bits per heavy atom. The number of allylic oxidation sites excluding steroid dienone is 2. The quantitative estimate of drug-likeness (QED) is 0.361. The molecule has 1 unspecified atom stereocenters. The van der Waals surface area contributed by atoms with Gasteiger partial charge in [-0.05, 0) is 50.5 Å². The summed E-state index contributed by atoms with van der Waals surface area (Å²) < 4.78 is 5.08. The van der Waals surface area contributed by atoms with Crippen LogP contribution in [-0.2, 0) is 9.53 Å². The molecule has 0 saturated carbocycles. The van der Waals surface area contributed by atoms with Gasteiger partial charge in [0, 0.05) is 30.1 Å². The first kappa shape index (κ1) is 26.5. The number of carbonyl (C=O) groups excluding carboxylic acids is 3. The maximum Gasteiger partial charge on any atom is 0.339 e. The third-order valence-electron chi connectivity index (χ3n) is 6.43. The molecular weight excluding hydrogens is 484 g/mol. The van der Waals surface area contributed by atoms with E-state index in [1.807, 2.05) is 43.3 Å². The monoisotopic (exact) mass is 512 g/mol. The highest BCUT2D eigenvalue weighted by molar-refractivity contribution is 6.12. The third kappa shape index (κ3) is 5.13. The Morgan fingerprint density at radius 1 is 1.08 bits per heavy atom. The highest BCUT2D eigenvalue weighted by Gasteiger charge is 2.29. The summed E-state index contributed by atoms with van der Waals surface area (Å²) in [6, 6.07) is 6.87. The molecule has 2 N–H and O–H groups in total. The lowest BCUT2D eigenvalue weighted by atomic mass is 9.89. The first-order valence-electron chi connectivity index (χ1n) is 12.1. The number of anilines is 2. The second-order valence-electron chi connectivity index (χ2n) is 8.82. The molecule has 0 saturated heterocycles. The maximum absolute atomic E-state index is 13.7. The van der Waals surface area contributed by atoms with E-state index in [0.717, 1.165) is 6.42 Å². The Bertz CT molecular complexity index is 1450. The summed E-state index contributed by atoms with van der Waals surface area (Å²) in [5.74, 6) is 4.28. The van der Waals surface area contributed by atoms with Crippen molar-refractivity contribution in [3.8, 4) is 11.8 Å². The van der Waals surface area contributed by atoms with E-state index in [0.29, 0.717) is 45.8 Å². The van der Waals surface area contributed by atoms with E-state index in [9.17, 15) is 19.6 Å². The Labute approximate surface area is 221 Å². The van der Waals surface area contributed by atoms with Gasteiger partial charge in [0.1, 0.15) is 5.71 Å². The molecule has 38 heavy (non-hydrogen) atoms. The summed E-state index contributed by atoms with van der Waals surface area (Å²) in [5.41, 5.74) is 4.59. The van der Waals surface area contributed by atoms with Crippen molar-refractivity contribution < 1.29 is 24.3 Å². The minimum absolute atomic E-state index is 0.135. The molecule has 2 aliphatic rings. The average molecular weight is 513 g/mol. The van der Waals surface area contributed by atoms with Gasteiger partial charge in [-0.2, -0.15) is 5.17 Å². The number of nitrogens with zero attached hydrogens (tertiary/aromatic N) is 2. The lowest BCUT2D eigenvalue weighted by Gasteiger charge is -2.27. The normalized spacial score (nSPS) is 16.4. The molecule has 0 aliphatic carbocycles. The molecule has 2 heterocycles. The minimum atomic E-state index is -0.737. The maximum atomic E-state index is 13.7. The summed E-state index contributed by atoms with van der Waals surface area (Å²) in [4.78, 5) is 40.0. The molecule has 2 aliphatic heterocycles. The van der Waals surface area contributed by atoms with Crippen LogP contribution in [0.25, 0.3) is 0 Å². The number of rotatable bonds is 5. The minimum Gasteiger partial charge on any atom is -0.599 e. The summed E-state index contributed by atoms with van der Waals surface area (Å²) in [6.45, 7) is 5.29. The third-order valence-corrected chi connectivity index (χ3v) is 6.43. The summed E-state index contributed by atoms with van der Waals surface area (Å²) >= 11 is 0. The van der Waals surface area contributed by atoms with Crippen LogP contribution in [0.15, 0.2) is 53.9 Å². The van der Waals surface area contributed by atoms with Crippen molar-refractivity contribution in [2.45, 2.75) is 40.0 Å². The standard InChI is InChI=1S/C29H28N4O5/c1-5-9-22-25(18(2)27(32-16-7-6-8-17-32)19(3)26(22)29(36)38-4)28(35)30-21-12-10-20(11-13-21)23-14-15-24(34)33(37)31-23/h7-8,10-13,16-17,33H,6,14-15H2,1-4H3,(H,30,35). The van der Waals surface area contributed by atoms with Gasteiger partial charge >= 0.3 is 11.9 Å². The van der Waals surface area contributed by atoms with Crippen LogP contribution in [0.4, 0.5) is 11.4 Å². The van der Waals surface area contributed by atoms with E-state index < -0.39 is 23.0 Å². The predicted octanol–water partition coefficient (Wildman–Crippen LogP) is 3.36. The molecule has 194 valence electrons. The average Bonchev–Trinajstić information content (AvgIpc) is 2.91. The topological polar surface area (TPSA) is 116 Å². The van der Waals surface area contributed by atoms with Gasteiger partial charge in [-0.3, -0.25) is 4.79 Å².